The zero-order valence-electron chi connectivity index (χ0n) is 6.47. The lowest BCUT2D eigenvalue weighted by molar-refractivity contribution is 0.0554. The molecular weight excluding hydrogens is 156 g/mol. The van der Waals surface area contributed by atoms with Crippen molar-refractivity contribution < 1.29 is 9.90 Å². The van der Waals surface area contributed by atoms with E-state index in [1.165, 1.54) is 0 Å². The summed E-state index contributed by atoms with van der Waals surface area (Å²) in [6.07, 6.45) is 0. The zero-order valence-corrected chi connectivity index (χ0v) is 6.47. The van der Waals surface area contributed by atoms with Gasteiger partial charge in [0.2, 0.25) is 0 Å². The van der Waals surface area contributed by atoms with Crippen molar-refractivity contribution in [2.24, 2.45) is 5.84 Å². The first-order chi connectivity index (χ1) is 5.75. The second-order valence-electron chi connectivity index (χ2n) is 2.28. The van der Waals surface area contributed by atoms with Gasteiger partial charge in [0.1, 0.15) is 6.73 Å². The van der Waals surface area contributed by atoms with Gasteiger partial charge >= 0.3 is 0 Å². The van der Waals surface area contributed by atoms with Gasteiger partial charge in [-0.3, -0.25) is 9.80 Å². The van der Waals surface area contributed by atoms with Gasteiger partial charge in [-0.25, -0.2) is 5.84 Å². The van der Waals surface area contributed by atoms with E-state index < -0.39 is 12.6 Å². The molecule has 0 fully saturated rings. The van der Waals surface area contributed by atoms with Crippen molar-refractivity contribution in [3.63, 3.8) is 0 Å². The number of carbonyl (C=O) groups excluding carboxylic acids is 1. The molecule has 0 aliphatic carbocycles. The zero-order chi connectivity index (χ0) is 8.97. The van der Waals surface area contributed by atoms with E-state index in [1.807, 2.05) is 0 Å². The largest absolute Gasteiger partial charge is 0.375 e. The normalized spacial score (nSPS) is 9.50. The number of nitrogens with two attached hydrogens (primary N) is 1. The smallest absolute Gasteiger partial charge is 0.269 e. The van der Waals surface area contributed by atoms with E-state index in [1.54, 1.807) is 30.3 Å². The molecule has 4 heteroatoms. The van der Waals surface area contributed by atoms with Crippen molar-refractivity contribution >= 4 is 5.91 Å². The summed E-state index contributed by atoms with van der Waals surface area (Å²) < 4.78 is 0. The molecule has 0 atom stereocenters. The number of hydrazine groups is 1. The number of aliphatic hydroxyl groups excluding tert-OH is 1. The van der Waals surface area contributed by atoms with Gasteiger partial charge in [-0.1, -0.05) is 18.2 Å². The molecule has 0 saturated carbocycles. The Bertz CT molecular complexity index is 261. The van der Waals surface area contributed by atoms with Crippen LogP contribution in [0.1, 0.15) is 10.4 Å². The predicted octanol–water partition coefficient (Wildman–Crippen LogP) is -0.0477. The van der Waals surface area contributed by atoms with Crippen LogP contribution in [-0.4, -0.2) is 22.8 Å². The predicted molar refractivity (Wildman–Crippen MR) is 43.9 cm³/mol. The molecule has 0 saturated heterocycles. The Kier molecular flexibility index (Phi) is 2.79. The number of amides is 1. The van der Waals surface area contributed by atoms with Crippen LogP contribution in [0.15, 0.2) is 30.3 Å². The summed E-state index contributed by atoms with van der Waals surface area (Å²) in [5, 5.41) is 9.29. The molecule has 1 amide bonds. The lowest BCUT2D eigenvalue weighted by Crippen LogP contribution is -2.37. The molecule has 1 aromatic carbocycles. The molecule has 64 valence electrons. The van der Waals surface area contributed by atoms with E-state index in [0.717, 1.165) is 5.01 Å². The second-order valence-corrected chi connectivity index (χ2v) is 2.28. The minimum atomic E-state index is -0.478. The third-order valence-electron chi connectivity index (χ3n) is 1.43. The minimum absolute atomic E-state index is 0.391. The highest BCUT2D eigenvalue weighted by molar-refractivity contribution is 5.93. The Morgan fingerprint density at radius 2 is 2.00 bits per heavy atom. The van der Waals surface area contributed by atoms with Crippen LogP contribution in [-0.2, 0) is 0 Å². The third kappa shape index (κ3) is 1.81. The lowest BCUT2D eigenvalue weighted by Gasteiger charge is -2.12. The molecule has 0 aliphatic rings. The van der Waals surface area contributed by atoms with Gasteiger partial charge in [-0.15, -0.1) is 0 Å². The van der Waals surface area contributed by atoms with Gasteiger partial charge in [0, 0.05) is 5.56 Å². The van der Waals surface area contributed by atoms with E-state index in [4.69, 9.17) is 10.9 Å². The lowest BCUT2D eigenvalue weighted by atomic mass is 10.2. The van der Waals surface area contributed by atoms with Crippen LogP contribution in [0.25, 0.3) is 0 Å². The maximum Gasteiger partial charge on any atom is 0.269 e. The Hall–Kier alpha value is -1.39. The number of hydrogen-bond donors (Lipinski definition) is 2. The molecular formula is C8H10N2O2. The Labute approximate surface area is 70.2 Å². The van der Waals surface area contributed by atoms with Crippen molar-refractivity contribution in [3.8, 4) is 0 Å². The SMILES string of the molecule is NN(CO)C(=O)c1ccccc1. The molecule has 3 N–H and O–H groups in total. The Morgan fingerprint density at radius 1 is 1.42 bits per heavy atom. The van der Waals surface area contributed by atoms with Gasteiger partial charge in [0.25, 0.3) is 5.91 Å². The van der Waals surface area contributed by atoms with Gasteiger partial charge in [-0.2, -0.15) is 0 Å². The monoisotopic (exact) mass is 166 g/mol. The molecule has 0 spiro atoms. The van der Waals surface area contributed by atoms with E-state index in [0.29, 0.717) is 5.56 Å². The molecule has 12 heavy (non-hydrogen) atoms. The second kappa shape index (κ2) is 3.85. The van der Waals surface area contributed by atoms with Crippen LogP contribution in [0, 0.1) is 0 Å². The summed E-state index contributed by atoms with van der Waals surface area (Å²) in [5.41, 5.74) is 0.467. The highest BCUT2D eigenvalue weighted by Crippen LogP contribution is 2.00. The first-order valence-electron chi connectivity index (χ1n) is 3.48. The standard InChI is InChI=1S/C8H10N2O2/c9-10(6-11)8(12)7-4-2-1-3-5-7/h1-5,11H,6,9H2. The van der Waals surface area contributed by atoms with E-state index in [2.05, 4.69) is 0 Å². The summed E-state index contributed by atoms with van der Waals surface area (Å²) in [7, 11) is 0. The quantitative estimate of drug-likeness (QED) is 0.280. The van der Waals surface area contributed by atoms with Crippen LogP contribution in [0.4, 0.5) is 0 Å². The van der Waals surface area contributed by atoms with Crippen molar-refractivity contribution in [1.82, 2.24) is 5.01 Å². The average Bonchev–Trinajstić information content (AvgIpc) is 2.17. The van der Waals surface area contributed by atoms with Crippen LogP contribution in [0.2, 0.25) is 0 Å². The molecule has 4 nitrogen and oxygen atoms in total. The van der Waals surface area contributed by atoms with Gasteiger partial charge in [0.15, 0.2) is 0 Å². The fourth-order valence-corrected chi connectivity index (χ4v) is 0.811. The number of hydrogen-bond acceptors (Lipinski definition) is 3. The molecule has 0 aromatic heterocycles. The highest BCUT2D eigenvalue weighted by Gasteiger charge is 2.09. The van der Waals surface area contributed by atoms with Gasteiger partial charge in [0.05, 0.1) is 0 Å². The van der Waals surface area contributed by atoms with Crippen LogP contribution in [0.5, 0.6) is 0 Å². The maximum absolute atomic E-state index is 11.2. The van der Waals surface area contributed by atoms with Crippen molar-refractivity contribution in [1.29, 1.82) is 0 Å². The number of rotatable bonds is 2. The summed E-state index contributed by atoms with van der Waals surface area (Å²) in [5.74, 6) is 4.79. The van der Waals surface area contributed by atoms with Gasteiger partial charge in [-0.05, 0) is 12.1 Å². The molecule has 1 aromatic rings. The van der Waals surface area contributed by atoms with Crippen LogP contribution < -0.4 is 5.84 Å². The summed E-state index contributed by atoms with van der Waals surface area (Å²) in [4.78, 5) is 11.2. The highest BCUT2D eigenvalue weighted by atomic mass is 16.3. The van der Waals surface area contributed by atoms with E-state index >= 15 is 0 Å². The summed E-state index contributed by atoms with van der Waals surface area (Å²) in [6.45, 7) is -0.478. The molecule has 0 heterocycles. The molecule has 0 unspecified atom stereocenters. The molecule has 0 radical (unpaired) electrons. The van der Waals surface area contributed by atoms with Crippen molar-refractivity contribution in [2.45, 2.75) is 0 Å². The average molecular weight is 166 g/mol. The third-order valence-corrected chi connectivity index (χ3v) is 1.43. The molecule has 0 aliphatic heterocycles. The minimum Gasteiger partial charge on any atom is -0.375 e. The van der Waals surface area contributed by atoms with Crippen molar-refractivity contribution in [2.75, 3.05) is 6.73 Å². The Balaban J connectivity index is 2.79. The fraction of sp³-hybridized carbons (Fsp3) is 0.125. The van der Waals surface area contributed by atoms with Crippen LogP contribution >= 0.6 is 0 Å². The number of benzene rings is 1. The number of aliphatic hydroxyl groups is 1. The fourth-order valence-electron chi connectivity index (χ4n) is 0.811. The Morgan fingerprint density at radius 3 is 2.50 bits per heavy atom. The summed E-state index contributed by atoms with van der Waals surface area (Å²) in [6, 6.07) is 8.54. The van der Waals surface area contributed by atoms with Crippen LogP contribution in [0.3, 0.4) is 0 Å². The first kappa shape index (κ1) is 8.70. The van der Waals surface area contributed by atoms with E-state index in [-0.39, 0.29) is 0 Å². The molecule has 0 bridgehead atoms. The first-order valence-corrected chi connectivity index (χ1v) is 3.48. The number of carbonyl (C=O) groups is 1. The number of nitrogens with zero attached hydrogens (tertiary/aromatic N) is 1. The van der Waals surface area contributed by atoms with E-state index in [9.17, 15) is 4.79 Å². The summed E-state index contributed by atoms with van der Waals surface area (Å²) >= 11 is 0. The topological polar surface area (TPSA) is 66.6 Å². The van der Waals surface area contributed by atoms with Crippen molar-refractivity contribution in [3.05, 3.63) is 35.9 Å². The van der Waals surface area contributed by atoms with Gasteiger partial charge < -0.3 is 5.11 Å². The maximum atomic E-state index is 11.2. The molecule has 1 rings (SSSR count).